The minimum atomic E-state index is 0.425. The SMILES string of the molecule is c1ccc(C[C@@H]2CSC(CC3=N[C@H](Cc4ccccc4)CS3)=N2)cc1. The summed E-state index contributed by atoms with van der Waals surface area (Å²) in [6, 6.07) is 22.2. The summed E-state index contributed by atoms with van der Waals surface area (Å²) in [7, 11) is 0. The van der Waals surface area contributed by atoms with Crippen LogP contribution in [0.2, 0.25) is 0 Å². The number of thioether (sulfide) groups is 2. The summed E-state index contributed by atoms with van der Waals surface area (Å²) in [4.78, 5) is 9.88. The maximum atomic E-state index is 4.94. The standard InChI is InChI=1S/C21H22N2S2/c1-3-7-16(8-4-1)11-18-14-24-20(22-18)13-21-23-19(15-25-21)12-17-9-5-2-6-10-17/h1-10,18-19H,11-15H2/t18-,19-/m1/s1. The first-order valence-corrected chi connectivity index (χ1v) is 10.8. The van der Waals surface area contributed by atoms with Gasteiger partial charge in [0.1, 0.15) is 0 Å². The second-order valence-electron chi connectivity index (χ2n) is 6.53. The van der Waals surface area contributed by atoms with Crippen LogP contribution in [0.25, 0.3) is 0 Å². The number of rotatable bonds is 6. The Hall–Kier alpha value is -1.52. The van der Waals surface area contributed by atoms with Gasteiger partial charge in [0.2, 0.25) is 0 Å². The van der Waals surface area contributed by atoms with Crippen LogP contribution in [0.1, 0.15) is 17.5 Å². The highest BCUT2D eigenvalue weighted by Crippen LogP contribution is 2.28. The third kappa shape index (κ3) is 4.77. The summed E-state index contributed by atoms with van der Waals surface area (Å²) < 4.78 is 0. The minimum Gasteiger partial charge on any atom is -0.278 e. The average Bonchev–Trinajstić information content (AvgIpc) is 3.27. The first-order chi connectivity index (χ1) is 12.3. The van der Waals surface area contributed by atoms with Crippen molar-refractivity contribution in [1.82, 2.24) is 0 Å². The lowest BCUT2D eigenvalue weighted by Gasteiger charge is -2.05. The van der Waals surface area contributed by atoms with Crippen LogP contribution in [0.4, 0.5) is 0 Å². The normalized spacial score (nSPS) is 22.7. The molecule has 0 saturated heterocycles. The third-order valence-corrected chi connectivity index (χ3v) is 6.74. The van der Waals surface area contributed by atoms with Gasteiger partial charge in [-0.15, -0.1) is 23.5 Å². The van der Waals surface area contributed by atoms with Gasteiger partial charge < -0.3 is 0 Å². The highest BCUT2D eigenvalue weighted by molar-refractivity contribution is 8.16. The Morgan fingerprint density at radius 2 is 1.12 bits per heavy atom. The van der Waals surface area contributed by atoms with Crippen molar-refractivity contribution in [1.29, 1.82) is 0 Å². The second kappa shape index (κ2) is 8.24. The van der Waals surface area contributed by atoms with E-state index in [1.165, 1.54) is 21.2 Å². The van der Waals surface area contributed by atoms with Gasteiger partial charge in [-0.2, -0.15) is 0 Å². The Balaban J connectivity index is 1.32. The summed E-state index contributed by atoms with van der Waals surface area (Å²) in [5.41, 5.74) is 2.77. The summed E-state index contributed by atoms with van der Waals surface area (Å²) in [5, 5.41) is 2.54. The van der Waals surface area contributed by atoms with E-state index in [-0.39, 0.29) is 0 Å². The quantitative estimate of drug-likeness (QED) is 0.727. The summed E-state index contributed by atoms with van der Waals surface area (Å²) in [5.74, 6) is 2.21. The third-order valence-electron chi connectivity index (χ3n) is 4.47. The van der Waals surface area contributed by atoms with E-state index in [0.717, 1.165) is 30.8 Å². The molecule has 2 aromatic rings. The minimum absolute atomic E-state index is 0.425. The molecule has 4 rings (SSSR count). The Labute approximate surface area is 158 Å². The van der Waals surface area contributed by atoms with Crippen LogP contribution in [-0.2, 0) is 12.8 Å². The molecule has 0 aliphatic carbocycles. The molecule has 2 aromatic carbocycles. The molecule has 0 saturated carbocycles. The number of hydrogen-bond acceptors (Lipinski definition) is 4. The van der Waals surface area contributed by atoms with E-state index in [9.17, 15) is 0 Å². The molecule has 2 aliphatic rings. The molecule has 0 bridgehead atoms. The van der Waals surface area contributed by atoms with Crippen molar-refractivity contribution in [2.45, 2.75) is 31.3 Å². The van der Waals surface area contributed by atoms with Gasteiger partial charge in [-0.1, -0.05) is 60.7 Å². The summed E-state index contributed by atoms with van der Waals surface area (Å²) in [6.07, 6.45) is 3.03. The van der Waals surface area contributed by atoms with E-state index in [2.05, 4.69) is 60.7 Å². The first kappa shape index (κ1) is 16.9. The van der Waals surface area contributed by atoms with E-state index in [4.69, 9.17) is 9.98 Å². The van der Waals surface area contributed by atoms with Crippen molar-refractivity contribution in [3.63, 3.8) is 0 Å². The zero-order chi connectivity index (χ0) is 16.9. The van der Waals surface area contributed by atoms with Crippen LogP contribution >= 0.6 is 23.5 Å². The molecule has 0 unspecified atom stereocenters. The van der Waals surface area contributed by atoms with Gasteiger partial charge in [-0.05, 0) is 24.0 Å². The van der Waals surface area contributed by atoms with Crippen molar-refractivity contribution in [2.75, 3.05) is 11.5 Å². The summed E-state index contributed by atoms with van der Waals surface area (Å²) in [6.45, 7) is 0. The molecule has 0 N–H and O–H groups in total. The van der Waals surface area contributed by atoms with Crippen LogP contribution in [0, 0.1) is 0 Å². The second-order valence-corrected chi connectivity index (χ2v) is 8.72. The molecule has 0 amide bonds. The average molecular weight is 367 g/mol. The maximum Gasteiger partial charge on any atom is 0.0745 e. The van der Waals surface area contributed by atoms with Gasteiger partial charge in [-0.25, -0.2) is 0 Å². The van der Waals surface area contributed by atoms with Crippen LogP contribution in [-0.4, -0.2) is 33.7 Å². The van der Waals surface area contributed by atoms with E-state index in [1.807, 2.05) is 23.5 Å². The number of hydrogen-bond donors (Lipinski definition) is 0. The highest BCUT2D eigenvalue weighted by atomic mass is 32.2. The Morgan fingerprint density at radius 3 is 1.56 bits per heavy atom. The largest absolute Gasteiger partial charge is 0.278 e. The molecular weight excluding hydrogens is 344 g/mol. The fourth-order valence-electron chi connectivity index (χ4n) is 3.25. The van der Waals surface area contributed by atoms with Gasteiger partial charge >= 0.3 is 0 Å². The molecular formula is C21H22N2S2. The van der Waals surface area contributed by atoms with E-state index >= 15 is 0 Å². The predicted molar refractivity (Wildman–Crippen MR) is 112 cm³/mol. The molecule has 4 heteroatoms. The number of benzene rings is 2. The molecule has 2 aliphatic heterocycles. The molecule has 0 spiro atoms. The Kier molecular flexibility index (Phi) is 5.58. The van der Waals surface area contributed by atoms with Crippen LogP contribution in [0.5, 0.6) is 0 Å². The molecule has 2 atom stereocenters. The van der Waals surface area contributed by atoms with Gasteiger partial charge in [0, 0.05) is 17.9 Å². The molecule has 0 radical (unpaired) electrons. The van der Waals surface area contributed by atoms with Crippen LogP contribution in [0.15, 0.2) is 70.6 Å². The Bertz CT molecular complexity index is 690. The fraction of sp³-hybridized carbons (Fsp3) is 0.333. The summed E-state index contributed by atoms with van der Waals surface area (Å²) >= 11 is 3.84. The highest BCUT2D eigenvalue weighted by Gasteiger charge is 2.23. The predicted octanol–water partition coefficient (Wildman–Crippen LogP) is 4.89. The topological polar surface area (TPSA) is 24.7 Å². The van der Waals surface area contributed by atoms with E-state index in [1.54, 1.807) is 0 Å². The van der Waals surface area contributed by atoms with Crippen molar-refractivity contribution in [2.24, 2.45) is 9.98 Å². The van der Waals surface area contributed by atoms with Crippen molar-refractivity contribution in [3.8, 4) is 0 Å². The molecule has 2 nitrogen and oxygen atoms in total. The van der Waals surface area contributed by atoms with Crippen molar-refractivity contribution < 1.29 is 0 Å². The lowest BCUT2D eigenvalue weighted by atomic mass is 10.1. The Morgan fingerprint density at radius 1 is 0.680 bits per heavy atom. The smallest absolute Gasteiger partial charge is 0.0745 e. The van der Waals surface area contributed by atoms with Gasteiger partial charge in [0.25, 0.3) is 0 Å². The van der Waals surface area contributed by atoms with Crippen molar-refractivity contribution >= 4 is 33.6 Å². The van der Waals surface area contributed by atoms with Crippen LogP contribution < -0.4 is 0 Å². The zero-order valence-corrected chi connectivity index (χ0v) is 15.8. The molecule has 25 heavy (non-hydrogen) atoms. The number of nitrogens with zero attached hydrogens (tertiary/aromatic N) is 2. The van der Waals surface area contributed by atoms with Gasteiger partial charge in [0.15, 0.2) is 0 Å². The lowest BCUT2D eigenvalue weighted by Crippen LogP contribution is -2.07. The van der Waals surface area contributed by atoms with Gasteiger partial charge in [-0.3, -0.25) is 9.98 Å². The van der Waals surface area contributed by atoms with E-state index in [0.29, 0.717) is 12.1 Å². The van der Waals surface area contributed by atoms with Crippen LogP contribution in [0.3, 0.4) is 0 Å². The molecule has 0 aromatic heterocycles. The monoisotopic (exact) mass is 366 g/mol. The lowest BCUT2D eigenvalue weighted by molar-refractivity contribution is 0.759. The first-order valence-electron chi connectivity index (χ1n) is 8.82. The van der Waals surface area contributed by atoms with E-state index < -0.39 is 0 Å². The molecule has 0 fully saturated rings. The molecule has 128 valence electrons. The zero-order valence-electron chi connectivity index (χ0n) is 14.2. The van der Waals surface area contributed by atoms with Crippen molar-refractivity contribution in [3.05, 3.63) is 71.8 Å². The van der Waals surface area contributed by atoms with Gasteiger partial charge in [0.05, 0.1) is 22.2 Å². The molecule has 2 heterocycles. The fourth-order valence-corrected chi connectivity index (χ4v) is 5.42. The maximum absolute atomic E-state index is 4.94. The number of aliphatic imine (C=N–C) groups is 2.